The van der Waals surface area contributed by atoms with Crippen molar-refractivity contribution >= 4 is 64.0 Å². The number of carbonyl (C=O) groups is 2. The fraction of sp³-hybridized carbons (Fsp3) is 0.115. The number of allylic oxidation sites excluding steroid dienone is 1. The highest BCUT2D eigenvalue weighted by Crippen LogP contribution is 2.35. The average molecular weight is 551 g/mol. The van der Waals surface area contributed by atoms with Gasteiger partial charge in [-0.05, 0) is 37.3 Å². The SMILES string of the molecule is COC(=O)c1ccnc(NC(=O)C2=C(C)NC(Nc3nc4ccc(Cl)cc4o3)=NC2c2ccccc2Cl)c1. The number of methoxy groups -OCH3 is 1. The van der Waals surface area contributed by atoms with Gasteiger partial charge >= 0.3 is 12.0 Å². The maximum Gasteiger partial charge on any atom is 0.338 e. The monoisotopic (exact) mass is 550 g/mol. The fourth-order valence-electron chi connectivity index (χ4n) is 3.94. The van der Waals surface area contributed by atoms with Crippen LogP contribution in [0.25, 0.3) is 11.1 Å². The summed E-state index contributed by atoms with van der Waals surface area (Å²) in [6, 6.07) is 14.6. The first kappa shape index (κ1) is 25.2. The average Bonchev–Trinajstić information content (AvgIpc) is 3.29. The van der Waals surface area contributed by atoms with Crippen LogP contribution < -0.4 is 16.0 Å². The molecule has 2 aromatic carbocycles. The predicted molar refractivity (Wildman–Crippen MR) is 144 cm³/mol. The third-order valence-electron chi connectivity index (χ3n) is 5.68. The van der Waals surface area contributed by atoms with Gasteiger partial charge in [-0.1, -0.05) is 41.4 Å². The molecule has 0 saturated carbocycles. The molecule has 1 aliphatic rings. The van der Waals surface area contributed by atoms with Crippen molar-refractivity contribution in [2.75, 3.05) is 17.7 Å². The van der Waals surface area contributed by atoms with Crippen molar-refractivity contribution in [2.45, 2.75) is 13.0 Å². The van der Waals surface area contributed by atoms with E-state index in [4.69, 9.17) is 37.3 Å². The molecule has 10 nitrogen and oxygen atoms in total. The number of ether oxygens (including phenoxy) is 1. The molecule has 3 heterocycles. The van der Waals surface area contributed by atoms with Gasteiger partial charge < -0.3 is 19.8 Å². The molecule has 0 radical (unpaired) electrons. The van der Waals surface area contributed by atoms with Crippen molar-refractivity contribution in [1.29, 1.82) is 0 Å². The molecule has 0 bridgehead atoms. The van der Waals surface area contributed by atoms with Crippen LogP contribution in [0.5, 0.6) is 0 Å². The van der Waals surface area contributed by atoms with Crippen LogP contribution in [0.3, 0.4) is 0 Å². The summed E-state index contributed by atoms with van der Waals surface area (Å²) in [6.45, 7) is 1.74. The summed E-state index contributed by atoms with van der Waals surface area (Å²) in [4.78, 5) is 38.7. The number of anilines is 2. The molecule has 1 unspecified atom stereocenters. The number of nitrogens with zero attached hydrogens (tertiary/aromatic N) is 3. The van der Waals surface area contributed by atoms with E-state index >= 15 is 0 Å². The first-order chi connectivity index (χ1) is 18.3. The van der Waals surface area contributed by atoms with Crippen LogP contribution in [0.15, 0.2) is 81.5 Å². The van der Waals surface area contributed by atoms with E-state index in [2.05, 4.69) is 25.9 Å². The lowest BCUT2D eigenvalue weighted by atomic mass is 9.95. The van der Waals surface area contributed by atoms with Gasteiger partial charge in [0.25, 0.3) is 5.91 Å². The van der Waals surface area contributed by atoms with Gasteiger partial charge in [0, 0.05) is 33.6 Å². The molecule has 5 rings (SSSR count). The summed E-state index contributed by atoms with van der Waals surface area (Å²) >= 11 is 12.6. The quantitative estimate of drug-likeness (QED) is 0.284. The van der Waals surface area contributed by atoms with Gasteiger partial charge in [0.15, 0.2) is 5.58 Å². The molecule has 0 saturated heterocycles. The first-order valence-electron chi connectivity index (χ1n) is 11.3. The van der Waals surface area contributed by atoms with Crippen molar-refractivity contribution in [3.8, 4) is 0 Å². The number of oxazole rings is 1. The van der Waals surface area contributed by atoms with E-state index in [0.29, 0.717) is 43.9 Å². The van der Waals surface area contributed by atoms with Gasteiger partial charge in [-0.15, -0.1) is 0 Å². The van der Waals surface area contributed by atoms with E-state index in [0.717, 1.165) is 0 Å². The van der Waals surface area contributed by atoms with E-state index < -0.39 is 17.9 Å². The Morgan fingerprint density at radius 1 is 1.11 bits per heavy atom. The van der Waals surface area contributed by atoms with Crippen molar-refractivity contribution in [1.82, 2.24) is 15.3 Å². The number of nitrogens with one attached hydrogen (secondary N) is 3. The molecule has 4 aromatic rings. The normalized spacial score (nSPS) is 15.1. The zero-order chi connectivity index (χ0) is 26.8. The van der Waals surface area contributed by atoms with Crippen molar-refractivity contribution in [3.63, 3.8) is 0 Å². The topological polar surface area (TPSA) is 131 Å². The minimum Gasteiger partial charge on any atom is -0.465 e. The Morgan fingerprint density at radius 3 is 2.71 bits per heavy atom. The molecule has 1 amide bonds. The molecule has 0 spiro atoms. The predicted octanol–water partition coefficient (Wildman–Crippen LogP) is 5.34. The van der Waals surface area contributed by atoms with Crippen molar-refractivity contribution in [3.05, 3.63) is 93.2 Å². The second-order valence-corrected chi connectivity index (χ2v) is 9.04. The van der Waals surface area contributed by atoms with Crippen LogP contribution in [0.4, 0.5) is 11.8 Å². The molecular formula is C26H20Cl2N6O4. The fourth-order valence-corrected chi connectivity index (χ4v) is 4.34. The summed E-state index contributed by atoms with van der Waals surface area (Å²) in [7, 11) is 1.27. The molecule has 12 heteroatoms. The Labute approximate surface area is 226 Å². The minimum atomic E-state index is -0.782. The van der Waals surface area contributed by atoms with Gasteiger partial charge in [-0.2, -0.15) is 4.98 Å². The second kappa shape index (κ2) is 10.5. The number of pyridine rings is 1. The maximum absolute atomic E-state index is 13.5. The van der Waals surface area contributed by atoms with Crippen LogP contribution >= 0.6 is 23.2 Å². The van der Waals surface area contributed by atoms with Crippen LogP contribution in [-0.2, 0) is 9.53 Å². The third-order valence-corrected chi connectivity index (χ3v) is 6.26. The largest absolute Gasteiger partial charge is 0.465 e. The summed E-state index contributed by atoms with van der Waals surface area (Å²) in [5, 5.41) is 9.80. The van der Waals surface area contributed by atoms with Gasteiger partial charge in [0.05, 0.1) is 18.2 Å². The van der Waals surface area contributed by atoms with Crippen LogP contribution in [0.2, 0.25) is 10.0 Å². The third kappa shape index (κ3) is 5.17. The minimum absolute atomic E-state index is 0.175. The van der Waals surface area contributed by atoms with Gasteiger partial charge in [0.2, 0.25) is 5.96 Å². The van der Waals surface area contributed by atoms with E-state index in [-0.39, 0.29) is 17.4 Å². The smallest absolute Gasteiger partial charge is 0.338 e. The van der Waals surface area contributed by atoms with Crippen molar-refractivity contribution < 1.29 is 18.7 Å². The Balaban J connectivity index is 1.47. The number of guanidine groups is 1. The van der Waals surface area contributed by atoms with Crippen LogP contribution in [-0.4, -0.2) is 34.9 Å². The van der Waals surface area contributed by atoms with E-state index in [1.54, 1.807) is 43.3 Å². The maximum atomic E-state index is 13.5. The Hall–Kier alpha value is -4.41. The van der Waals surface area contributed by atoms with E-state index in [1.165, 1.54) is 25.4 Å². The zero-order valence-electron chi connectivity index (χ0n) is 20.1. The summed E-state index contributed by atoms with van der Waals surface area (Å²) in [5.74, 6) is -0.552. The van der Waals surface area contributed by atoms with Gasteiger partial charge in [-0.25, -0.2) is 14.8 Å². The molecule has 192 valence electrons. The van der Waals surface area contributed by atoms with Crippen LogP contribution in [0, 0.1) is 0 Å². The lowest BCUT2D eigenvalue weighted by Gasteiger charge is -2.26. The summed E-state index contributed by atoms with van der Waals surface area (Å²) in [6.07, 6.45) is 1.40. The Bertz CT molecular complexity index is 1630. The molecular weight excluding hydrogens is 531 g/mol. The van der Waals surface area contributed by atoms with Gasteiger partial charge in [0.1, 0.15) is 17.4 Å². The standard InChI is InChI=1S/C26H20Cl2N6O4/c1-13-21(23(35)32-20-11-14(9-10-29-20)24(36)37-2)22(16-5-3-4-6-17(16)28)33-25(30-13)34-26-31-18-8-7-15(27)12-19(18)38-26/h3-12,22H,1-2H3,(H,29,32,35)(H2,30,31,33,34). The van der Waals surface area contributed by atoms with Crippen LogP contribution in [0.1, 0.15) is 28.9 Å². The highest BCUT2D eigenvalue weighted by molar-refractivity contribution is 6.31. The number of fused-ring (bicyclic) bond motifs is 1. The second-order valence-electron chi connectivity index (χ2n) is 8.20. The van der Waals surface area contributed by atoms with E-state index in [9.17, 15) is 9.59 Å². The lowest BCUT2D eigenvalue weighted by Crippen LogP contribution is -2.37. The number of aromatic nitrogens is 2. The number of esters is 1. The number of benzene rings is 2. The summed E-state index contributed by atoms with van der Waals surface area (Å²) in [5.41, 5.74) is 2.79. The highest BCUT2D eigenvalue weighted by atomic mass is 35.5. The first-order valence-corrected chi connectivity index (χ1v) is 12.1. The Morgan fingerprint density at radius 2 is 1.92 bits per heavy atom. The lowest BCUT2D eigenvalue weighted by molar-refractivity contribution is -0.113. The Kier molecular flexibility index (Phi) is 6.99. The molecule has 2 aromatic heterocycles. The molecule has 1 aliphatic heterocycles. The molecule has 38 heavy (non-hydrogen) atoms. The number of rotatable bonds is 5. The molecule has 1 atom stereocenters. The summed E-state index contributed by atoms with van der Waals surface area (Å²) < 4.78 is 10.5. The zero-order valence-corrected chi connectivity index (χ0v) is 21.6. The number of hydrogen-bond acceptors (Lipinski definition) is 9. The molecule has 0 fully saturated rings. The number of amides is 1. The highest BCUT2D eigenvalue weighted by Gasteiger charge is 2.31. The number of carbonyl (C=O) groups excluding carboxylic acids is 2. The molecule has 0 aliphatic carbocycles. The van der Waals surface area contributed by atoms with Gasteiger partial charge in [-0.3, -0.25) is 10.1 Å². The molecule has 3 N–H and O–H groups in total. The van der Waals surface area contributed by atoms with Crippen molar-refractivity contribution in [2.24, 2.45) is 4.99 Å². The number of halogens is 2. The van der Waals surface area contributed by atoms with E-state index in [1.807, 2.05) is 6.07 Å². The number of aliphatic imine (C=N–C) groups is 1. The number of hydrogen-bond donors (Lipinski definition) is 3.